The summed E-state index contributed by atoms with van der Waals surface area (Å²) in [5.74, 6) is 2.62. The number of carbonyl (C=O) groups excluding carboxylic acids is 1. The van der Waals surface area contributed by atoms with Crippen molar-refractivity contribution in [3.8, 4) is 22.1 Å². The molecule has 0 radical (unpaired) electrons. The van der Waals surface area contributed by atoms with Gasteiger partial charge in [0.2, 0.25) is 14.2 Å². The molecular weight excluding hydrogens is 673 g/mol. The fraction of sp³-hybridized carbons (Fsp3) is 0.476. The fourth-order valence-electron chi connectivity index (χ4n) is 6.49. The molecule has 0 spiro atoms. The molecule has 5 rings (SSSR count). The molecule has 0 atom stereocenters. The number of carbonyl (C=O) groups is 1. The molecule has 1 amide bonds. The summed E-state index contributed by atoms with van der Waals surface area (Å²) in [5.41, 5.74) is 4.86. The lowest BCUT2D eigenvalue weighted by atomic mass is 9.70. The van der Waals surface area contributed by atoms with Crippen LogP contribution in [0.15, 0.2) is 72.3 Å². The molecule has 1 aromatic heterocycles. The Kier molecular flexibility index (Phi) is 11.7. The van der Waals surface area contributed by atoms with Gasteiger partial charge in [-0.15, -0.1) is 11.3 Å². The molecule has 0 saturated carbocycles. The van der Waals surface area contributed by atoms with Crippen LogP contribution < -0.4 is 14.5 Å². The lowest BCUT2D eigenvalue weighted by molar-refractivity contribution is -0.121. The number of amides is 1. The van der Waals surface area contributed by atoms with Crippen LogP contribution in [0.4, 0.5) is 0 Å². The Morgan fingerprint density at radius 1 is 1.00 bits per heavy atom. The average molecular weight is 729 g/mol. The number of fused-ring (bicyclic) bond motifs is 1. The standard InChI is InChI=1S/C42H56N2O5SSi/c1-40(2,3)51(9,10)49-31-17-15-16-30(25-31)37-38(42(6,7)28-48-37)41(4,5)27-47-23-14-13-20-36(45)43-26-29-21-22-32(34(24-29)46-8)39-44-33-18-11-12-19-35(33)50-39/h11-12,15-19,21-22,24-25H,13-14,20,23,26-28H2,1-10H3,(H,43,45). The average Bonchev–Trinajstić information content (AvgIpc) is 3.65. The van der Waals surface area contributed by atoms with Gasteiger partial charge in [-0.2, -0.15) is 0 Å². The Morgan fingerprint density at radius 2 is 1.76 bits per heavy atom. The van der Waals surface area contributed by atoms with Gasteiger partial charge in [-0.25, -0.2) is 4.98 Å². The van der Waals surface area contributed by atoms with Crippen molar-refractivity contribution < 1.29 is 23.4 Å². The number of para-hydroxylation sites is 1. The van der Waals surface area contributed by atoms with E-state index in [0.717, 1.165) is 62.0 Å². The molecule has 4 aromatic rings. The van der Waals surface area contributed by atoms with E-state index in [1.807, 2.05) is 36.4 Å². The summed E-state index contributed by atoms with van der Waals surface area (Å²) in [6.07, 6.45) is 2.03. The molecule has 274 valence electrons. The molecule has 51 heavy (non-hydrogen) atoms. The first-order valence-corrected chi connectivity index (χ1v) is 21.8. The van der Waals surface area contributed by atoms with Crippen molar-refractivity contribution in [3.63, 3.8) is 0 Å². The van der Waals surface area contributed by atoms with Gasteiger partial charge in [0.15, 0.2) is 0 Å². The molecule has 9 heteroatoms. The number of ether oxygens (including phenoxy) is 3. The SMILES string of the molecule is COc1cc(CNC(=O)CCCCOCC(C)(C)C2=C(c3cccc(O[Si](C)(C)C(C)(C)C)c3)OCC2(C)C)ccc1-c1nc2ccccc2s1. The maximum atomic E-state index is 12.7. The fourth-order valence-corrected chi connectivity index (χ4v) is 8.51. The molecule has 7 nitrogen and oxygen atoms in total. The maximum Gasteiger partial charge on any atom is 0.250 e. The van der Waals surface area contributed by atoms with Crippen LogP contribution in [0.1, 0.15) is 78.9 Å². The molecule has 0 unspecified atom stereocenters. The van der Waals surface area contributed by atoms with Crippen molar-refractivity contribution in [1.29, 1.82) is 0 Å². The smallest absolute Gasteiger partial charge is 0.250 e. The second kappa shape index (κ2) is 15.5. The highest BCUT2D eigenvalue weighted by Gasteiger charge is 2.44. The minimum absolute atomic E-state index is 0.0314. The first-order valence-electron chi connectivity index (χ1n) is 18.1. The third kappa shape index (κ3) is 9.23. The van der Waals surface area contributed by atoms with E-state index in [2.05, 4.69) is 97.2 Å². The molecule has 2 heterocycles. The Bertz CT molecular complexity index is 1840. The Balaban J connectivity index is 1.10. The van der Waals surface area contributed by atoms with Crippen LogP contribution in [0.5, 0.6) is 11.5 Å². The molecule has 1 N–H and O–H groups in total. The Morgan fingerprint density at radius 3 is 2.49 bits per heavy atom. The van der Waals surface area contributed by atoms with Crippen molar-refractivity contribution in [2.45, 2.75) is 92.4 Å². The molecule has 1 aliphatic heterocycles. The molecular formula is C42H56N2O5SSi. The monoisotopic (exact) mass is 728 g/mol. The number of rotatable bonds is 15. The topological polar surface area (TPSA) is 78.9 Å². The highest BCUT2D eigenvalue weighted by Crippen LogP contribution is 2.50. The summed E-state index contributed by atoms with van der Waals surface area (Å²) in [6.45, 7) is 22.5. The summed E-state index contributed by atoms with van der Waals surface area (Å²) in [5, 5.41) is 4.10. The summed E-state index contributed by atoms with van der Waals surface area (Å²) < 4.78 is 26.1. The van der Waals surface area contributed by atoms with Crippen LogP contribution in [-0.2, 0) is 20.8 Å². The molecule has 1 aliphatic rings. The third-order valence-electron chi connectivity index (χ3n) is 10.1. The number of nitrogens with zero attached hydrogens (tertiary/aromatic N) is 1. The molecule has 0 aliphatic carbocycles. The van der Waals surface area contributed by atoms with Crippen molar-refractivity contribution in [1.82, 2.24) is 10.3 Å². The number of thiazole rings is 1. The quantitative estimate of drug-likeness (QED) is 0.0970. The van der Waals surface area contributed by atoms with Crippen LogP contribution in [0.25, 0.3) is 26.5 Å². The summed E-state index contributed by atoms with van der Waals surface area (Å²) >= 11 is 1.65. The van der Waals surface area contributed by atoms with Crippen LogP contribution in [0, 0.1) is 10.8 Å². The Labute approximate surface area is 309 Å². The number of unbranched alkanes of at least 4 members (excludes halogenated alkanes) is 1. The largest absolute Gasteiger partial charge is 0.543 e. The highest BCUT2D eigenvalue weighted by molar-refractivity contribution is 7.21. The van der Waals surface area contributed by atoms with Gasteiger partial charge in [0, 0.05) is 36.0 Å². The number of hydrogen-bond donors (Lipinski definition) is 1. The lowest BCUT2D eigenvalue weighted by Crippen LogP contribution is -2.43. The van der Waals surface area contributed by atoms with Crippen LogP contribution in [-0.4, -0.2) is 46.1 Å². The number of benzene rings is 3. The number of nitrogens with one attached hydrogen (secondary N) is 1. The van der Waals surface area contributed by atoms with Gasteiger partial charge in [-0.05, 0) is 78.5 Å². The number of aromatic nitrogens is 1. The van der Waals surface area contributed by atoms with E-state index in [0.29, 0.717) is 32.8 Å². The van der Waals surface area contributed by atoms with E-state index in [1.54, 1.807) is 18.4 Å². The summed E-state index contributed by atoms with van der Waals surface area (Å²) in [7, 11) is -0.308. The van der Waals surface area contributed by atoms with E-state index >= 15 is 0 Å². The van der Waals surface area contributed by atoms with Gasteiger partial charge in [-0.1, -0.05) is 78.8 Å². The molecule has 0 fully saturated rings. The van der Waals surface area contributed by atoms with Crippen LogP contribution >= 0.6 is 11.3 Å². The van der Waals surface area contributed by atoms with Crippen molar-refractivity contribution >= 4 is 41.5 Å². The van der Waals surface area contributed by atoms with E-state index in [4.69, 9.17) is 23.6 Å². The van der Waals surface area contributed by atoms with Crippen molar-refractivity contribution in [2.75, 3.05) is 26.9 Å². The van der Waals surface area contributed by atoms with Crippen LogP contribution in [0.2, 0.25) is 18.1 Å². The molecule has 3 aromatic carbocycles. The van der Waals surface area contributed by atoms with Gasteiger partial charge in [-0.3, -0.25) is 4.79 Å². The van der Waals surface area contributed by atoms with E-state index in [1.165, 1.54) is 5.57 Å². The van der Waals surface area contributed by atoms with E-state index in [-0.39, 0.29) is 21.8 Å². The van der Waals surface area contributed by atoms with E-state index < -0.39 is 8.32 Å². The predicted molar refractivity (Wildman–Crippen MR) is 213 cm³/mol. The zero-order valence-electron chi connectivity index (χ0n) is 32.2. The molecule has 0 saturated heterocycles. The summed E-state index contributed by atoms with van der Waals surface area (Å²) in [4.78, 5) is 17.5. The first-order chi connectivity index (χ1) is 24.0. The van der Waals surface area contributed by atoms with Gasteiger partial charge in [0.1, 0.15) is 22.3 Å². The minimum atomic E-state index is -1.98. The maximum absolute atomic E-state index is 12.7. The van der Waals surface area contributed by atoms with Gasteiger partial charge in [0.05, 0.1) is 36.1 Å². The third-order valence-corrected chi connectivity index (χ3v) is 15.5. The van der Waals surface area contributed by atoms with Gasteiger partial charge >= 0.3 is 0 Å². The second-order valence-corrected chi connectivity index (χ2v) is 22.2. The second-order valence-electron chi connectivity index (χ2n) is 16.5. The summed E-state index contributed by atoms with van der Waals surface area (Å²) in [6, 6.07) is 22.5. The molecule has 0 bridgehead atoms. The van der Waals surface area contributed by atoms with Gasteiger partial charge in [0.25, 0.3) is 0 Å². The van der Waals surface area contributed by atoms with E-state index in [9.17, 15) is 4.79 Å². The Hall–Kier alpha value is -3.66. The predicted octanol–water partition coefficient (Wildman–Crippen LogP) is 10.7. The number of hydrogen-bond acceptors (Lipinski definition) is 7. The van der Waals surface area contributed by atoms with Crippen molar-refractivity contribution in [3.05, 3.63) is 83.4 Å². The minimum Gasteiger partial charge on any atom is -0.543 e. The number of methoxy groups -OCH3 is 1. The van der Waals surface area contributed by atoms with Crippen LogP contribution in [0.3, 0.4) is 0 Å². The zero-order valence-corrected chi connectivity index (χ0v) is 34.0. The lowest BCUT2D eigenvalue weighted by Gasteiger charge is -2.36. The normalized spacial score (nSPS) is 14.9. The zero-order chi connectivity index (χ0) is 37.0. The highest BCUT2D eigenvalue weighted by atomic mass is 32.1. The van der Waals surface area contributed by atoms with Gasteiger partial charge < -0.3 is 24.0 Å². The first kappa shape index (κ1) is 38.6. The van der Waals surface area contributed by atoms with Crippen molar-refractivity contribution in [2.24, 2.45) is 10.8 Å².